The summed E-state index contributed by atoms with van der Waals surface area (Å²) in [5.74, 6) is 1.81. The molecule has 0 bridgehead atoms. The predicted octanol–water partition coefficient (Wildman–Crippen LogP) is 4.62. The van der Waals surface area contributed by atoms with Crippen LogP contribution < -0.4 is 5.32 Å². The Hall–Kier alpha value is -0.820. The Balaban J connectivity index is 1.52. The molecular weight excluding hydrogens is 230 g/mol. The van der Waals surface area contributed by atoms with Crippen LogP contribution in [0.25, 0.3) is 0 Å². The summed E-state index contributed by atoms with van der Waals surface area (Å²) in [5.41, 5.74) is 3.04. The van der Waals surface area contributed by atoms with Crippen molar-refractivity contribution in [2.75, 3.05) is 0 Å². The molecule has 2 aliphatic carbocycles. The van der Waals surface area contributed by atoms with E-state index in [2.05, 4.69) is 36.5 Å². The first-order chi connectivity index (χ1) is 9.31. The Morgan fingerprint density at radius 1 is 1.05 bits per heavy atom. The van der Waals surface area contributed by atoms with E-state index >= 15 is 0 Å². The molecule has 0 amide bonds. The summed E-state index contributed by atoms with van der Waals surface area (Å²) in [6.45, 7) is 3.46. The molecule has 2 fully saturated rings. The quantitative estimate of drug-likeness (QED) is 0.776. The Labute approximate surface area is 117 Å². The van der Waals surface area contributed by atoms with Crippen LogP contribution in [0.2, 0.25) is 0 Å². The summed E-state index contributed by atoms with van der Waals surface area (Å²) in [4.78, 5) is 0. The zero-order valence-corrected chi connectivity index (χ0v) is 12.2. The summed E-state index contributed by atoms with van der Waals surface area (Å²) in [5, 5.41) is 3.78. The number of nitrogens with one attached hydrogen (secondary N) is 1. The lowest BCUT2D eigenvalue weighted by Crippen LogP contribution is -2.27. The van der Waals surface area contributed by atoms with Gasteiger partial charge in [-0.1, -0.05) is 44.0 Å². The Morgan fingerprint density at radius 2 is 1.95 bits per heavy atom. The molecular formula is C18H27N. The minimum absolute atomic E-state index is 0.745. The van der Waals surface area contributed by atoms with Gasteiger partial charge in [0.1, 0.15) is 0 Å². The van der Waals surface area contributed by atoms with Gasteiger partial charge in [-0.05, 0) is 55.1 Å². The van der Waals surface area contributed by atoms with Crippen molar-refractivity contribution in [1.82, 2.24) is 5.32 Å². The second kappa shape index (κ2) is 6.09. The molecule has 1 heteroatoms. The van der Waals surface area contributed by atoms with Crippen molar-refractivity contribution in [3.05, 3.63) is 35.4 Å². The lowest BCUT2D eigenvalue weighted by molar-refractivity contribution is 0.447. The maximum absolute atomic E-state index is 3.78. The number of benzene rings is 1. The van der Waals surface area contributed by atoms with Crippen molar-refractivity contribution in [2.24, 2.45) is 5.92 Å². The fraction of sp³-hybridized carbons (Fsp3) is 0.667. The van der Waals surface area contributed by atoms with E-state index < -0.39 is 0 Å². The molecule has 0 saturated heterocycles. The van der Waals surface area contributed by atoms with Gasteiger partial charge in [0.15, 0.2) is 0 Å². The molecule has 2 unspecified atom stereocenters. The van der Waals surface area contributed by atoms with E-state index in [1.165, 1.54) is 50.5 Å². The van der Waals surface area contributed by atoms with Gasteiger partial charge >= 0.3 is 0 Å². The average Bonchev–Trinajstić information content (AvgIpc) is 3.25. The van der Waals surface area contributed by atoms with Crippen LogP contribution in [0.5, 0.6) is 0 Å². The van der Waals surface area contributed by atoms with Crippen LogP contribution in [0.1, 0.15) is 68.9 Å². The lowest BCUT2D eigenvalue weighted by atomic mass is 10.0. The number of hydrogen-bond acceptors (Lipinski definition) is 1. The average molecular weight is 257 g/mol. The highest BCUT2D eigenvalue weighted by molar-refractivity contribution is 5.29. The van der Waals surface area contributed by atoms with E-state index in [0.717, 1.165) is 24.4 Å². The van der Waals surface area contributed by atoms with Gasteiger partial charge in [0.2, 0.25) is 0 Å². The van der Waals surface area contributed by atoms with Gasteiger partial charge in [-0.15, -0.1) is 0 Å². The summed E-state index contributed by atoms with van der Waals surface area (Å²) >= 11 is 0. The van der Waals surface area contributed by atoms with Crippen molar-refractivity contribution < 1.29 is 0 Å². The maximum atomic E-state index is 3.78. The predicted molar refractivity (Wildman–Crippen MR) is 81.3 cm³/mol. The topological polar surface area (TPSA) is 12.0 Å². The van der Waals surface area contributed by atoms with Gasteiger partial charge in [0, 0.05) is 12.6 Å². The summed E-state index contributed by atoms with van der Waals surface area (Å²) < 4.78 is 0. The number of hydrogen-bond donors (Lipinski definition) is 1. The fourth-order valence-corrected chi connectivity index (χ4v) is 3.33. The molecule has 2 atom stereocenters. The highest BCUT2D eigenvalue weighted by atomic mass is 14.9. The Kier molecular flexibility index (Phi) is 4.22. The van der Waals surface area contributed by atoms with Crippen LogP contribution in [-0.2, 0) is 6.54 Å². The summed E-state index contributed by atoms with van der Waals surface area (Å²) in [6.07, 6.45) is 9.76. The molecule has 0 heterocycles. The van der Waals surface area contributed by atoms with E-state index in [0.29, 0.717) is 0 Å². The SMILES string of the molecule is CC1CCCC(NCc2cccc(C3CC3)c2)CC1. The normalized spacial score (nSPS) is 28.1. The highest BCUT2D eigenvalue weighted by Crippen LogP contribution is 2.40. The number of rotatable bonds is 4. The van der Waals surface area contributed by atoms with Crippen LogP contribution in [0.4, 0.5) is 0 Å². The fourth-order valence-electron chi connectivity index (χ4n) is 3.33. The van der Waals surface area contributed by atoms with E-state index in [9.17, 15) is 0 Å². The zero-order chi connectivity index (χ0) is 13.1. The van der Waals surface area contributed by atoms with Gasteiger partial charge < -0.3 is 5.32 Å². The third kappa shape index (κ3) is 3.82. The van der Waals surface area contributed by atoms with Crippen LogP contribution in [0.3, 0.4) is 0 Å². The maximum Gasteiger partial charge on any atom is 0.0208 e. The van der Waals surface area contributed by atoms with Crippen molar-refractivity contribution >= 4 is 0 Å². The monoisotopic (exact) mass is 257 g/mol. The molecule has 0 aliphatic heterocycles. The van der Waals surface area contributed by atoms with Crippen molar-refractivity contribution in [2.45, 2.75) is 70.4 Å². The zero-order valence-electron chi connectivity index (χ0n) is 12.2. The van der Waals surface area contributed by atoms with Crippen LogP contribution in [-0.4, -0.2) is 6.04 Å². The van der Waals surface area contributed by atoms with Gasteiger partial charge in [0.25, 0.3) is 0 Å². The van der Waals surface area contributed by atoms with Crippen LogP contribution in [0.15, 0.2) is 24.3 Å². The Morgan fingerprint density at radius 3 is 2.79 bits per heavy atom. The second-order valence-corrected chi connectivity index (χ2v) is 6.71. The first kappa shape index (κ1) is 13.2. The van der Waals surface area contributed by atoms with Crippen molar-refractivity contribution in [3.63, 3.8) is 0 Å². The van der Waals surface area contributed by atoms with E-state index in [1.807, 2.05) is 0 Å². The van der Waals surface area contributed by atoms with Crippen molar-refractivity contribution in [1.29, 1.82) is 0 Å². The molecule has 0 spiro atoms. The van der Waals surface area contributed by atoms with E-state index in [-0.39, 0.29) is 0 Å². The largest absolute Gasteiger partial charge is 0.310 e. The van der Waals surface area contributed by atoms with E-state index in [4.69, 9.17) is 0 Å². The molecule has 1 N–H and O–H groups in total. The summed E-state index contributed by atoms with van der Waals surface area (Å²) in [7, 11) is 0. The third-order valence-corrected chi connectivity index (χ3v) is 4.85. The second-order valence-electron chi connectivity index (χ2n) is 6.71. The first-order valence-corrected chi connectivity index (χ1v) is 8.13. The molecule has 1 aromatic rings. The third-order valence-electron chi connectivity index (χ3n) is 4.85. The van der Waals surface area contributed by atoms with Crippen LogP contribution in [0, 0.1) is 5.92 Å². The Bertz CT molecular complexity index is 408. The van der Waals surface area contributed by atoms with Crippen LogP contribution >= 0.6 is 0 Å². The van der Waals surface area contributed by atoms with Gasteiger partial charge in [-0.3, -0.25) is 0 Å². The van der Waals surface area contributed by atoms with Gasteiger partial charge in [-0.25, -0.2) is 0 Å². The molecule has 2 saturated carbocycles. The van der Waals surface area contributed by atoms with E-state index in [1.54, 1.807) is 5.56 Å². The van der Waals surface area contributed by atoms with Gasteiger partial charge in [0.05, 0.1) is 0 Å². The first-order valence-electron chi connectivity index (χ1n) is 8.13. The van der Waals surface area contributed by atoms with Crippen molar-refractivity contribution in [3.8, 4) is 0 Å². The molecule has 0 aromatic heterocycles. The standard InChI is InChI=1S/C18H27N/c1-14-4-2-7-18(11-8-14)19-13-15-5-3-6-17(12-15)16-9-10-16/h3,5-6,12,14,16,18-19H,2,4,7-11,13H2,1H3. The minimum Gasteiger partial charge on any atom is -0.310 e. The molecule has 2 aliphatic rings. The molecule has 1 aromatic carbocycles. The highest BCUT2D eigenvalue weighted by Gasteiger charge is 2.23. The molecule has 0 radical (unpaired) electrons. The molecule has 104 valence electrons. The summed E-state index contributed by atoms with van der Waals surface area (Å²) in [6, 6.07) is 9.98. The molecule has 19 heavy (non-hydrogen) atoms. The lowest BCUT2D eigenvalue weighted by Gasteiger charge is -2.16. The molecule has 3 rings (SSSR count). The minimum atomic E-state index is 0.745. The molecule has 1 nitrogen and oxygen atoms in total. The van der Waals surface area contributed by atoms with Gasteiger partial charge in [-0.2, -0.15) is 0 Å². The smallest absolute Gasteiger partial charge is 0.0208 e.